The number of rotatable bonds is 3. The first kappa shape index (κ1) is 14.8. The maximum absolute atomic E-state index is 11.8. The lowest BCUT2D eigenvalue weighted by Gasteiger charge is -2.58. The molecule has 0 aromatic carbocycles. The topological polar surface area (TPSA) is 41.6 Å². The van der Waals surface area contributed by atoms with Gasteiger partial charge in [-0.25, -0.2) is 4.79 Å². The van der Waals surface area contributed by atoms with Crippen LogP contribution in [0.4, 0.5) is 4.79 Å². The summed E-state index contributed by atoms with van der Waals surface area (Å²) in [4.78, 5) is 13.7. The Hall–Kier alpha value is -0.770. The molecule has 4 bridgehead atoms. The number of amides is 1. The quantitative estimate of drug-likeness (QED) is 0.871. The van der Waals surface area contributed by atoms with Crippen molar-refractivity contribution in [3.8, 4) is 0 Å². The van der Waals surface area contributed by atoms with Gasteiger partial charge in [-0.1, -0.05) is 0 Å². The normalized spacial score (nSPS) is 41.0. The molecule has 22 heavy (non-hydrogen) atoms. The molecule has 1 N–H and O–H groups in total. The van der Waals surface area contributed by atoms with Crippen LogP contribution in [0.3, 0.4) is 0 Å². The van der Waals surface area contributed by atoms with Crippen LogP contribution in [-0.4, -0.2) is 42.3 Å². The molecule has 5 fully saturated rings. The number of likely N-dealkylation sites (tertiary alicyclic amines) is 1. The van der Waals surface area contributed by atoms with Gasteiger partial charge < -0.3 is 15.0 Å². The van der Waals surface area contributed by atoms with Crippen molar-refractivity contribution < 1.29 is 9.53 Å². The predicted molar refractivity (Wildman–Crippen MR) is 85.7 cm³/mol. The predicted octanol–water partition coefficient (Wildman–Crippen LogP) is 3.17. The summed E-state index contributed by atoms with van der Waals surface area (Å²) in [6.07, 6.45) is 10.8. The SMILES string of the molecule is CCOC(=O)N1CCC(NC23CC4CC(CC(C4)C2)C3)CC1. The van der Waals surface area contributed by atoms with Crippen LogP contribution in [0.5, 0.6) is 0 Å². The summed E-state index contributed by atoms with van der Waals surface area (Å²) < 4.78 is 5.12. The van der Waals surface area contributed by atoms with Gasteiger partial charge in [0.15, 0.2) is 0 Å². The van der Waals surface area contributed by atoms with E-state index >= 15 is 0 Å². The van der Waals surface area contributed by atoms with E-state index in [1.165, 1.54) is 38.5 Å². The molecular formula is C18H30N2O2. The molecule has 4 saturated carbocycles. The summed E-state index contributed by atoms with van der Waals surface area (Å²) in [6, 6.07) is 0.599. The molecule has 1 saturated heterocycles. The van der Waals surface area contributed by atoms with Crippen LogP contribution in [0.1, 0.15) is 58.3 Å². The molecule has 0 unspecified atom stereocenters. The number of carbonyl (C=O) groups excluding carboxylic acids is 1. The molecule has 5 aliphatic rings. The number of piperidine rings is 1. The van der Waals surface area contributed by atoms with Crippen LogP contribution >= 0.6 is 0 Å². The average molecular weight is 306 g/mol. The minimum atomic E-state index is -0.129. The van der Waals surface area contributed by atoms with Crippen LogP contribution in [0, 0.1) is 17.8 Å². The third-order valence-electron chi connectivity index (χ3n) is 6.57. The summed E-state index contributed by atoms with van der Waals surface area (Å²) in [6.45, 7) is 4.05. The Morgan fingerprint density at radius 3 is 2.14 bits per heavy atom. The van der Waals surface area contributed by atoms with E-state index in [-0.39, 0.29) is 6.09 Å². The Balaban J connectivity index is 1.32. The van der Waals surface area contributed by atoms with Gasteiger partial charge >= 0.3 is 6.09 Å². The summed E-state index contributed by atoms with van der Waals surface area (Å²) in [7, 11) is 0. The fourth-order valence-corrected chi connectivity index (χ4v) is 6.14. The standard InChI is InChI=1S/C18H30N2O2/c1-2-22-17(21)20-5-3-16(4-6-20)19-18-10-13-7-14(11-18)9-15(8-13)12-18/h13-16,19H,2-12H2,1H3. The maximum atomic E-state index is 11.8. The van der Waals surface area contributed by atoms with E-state index in [1.54, 1.807) is 0 Å². The summed E-state index contributed by atoms with van der Waals surface area (Å²) >= 11 is 0. The highest BCUT2D eigenvalue weighted by Crippen LogP contribution is 2.55. The Morgan fingerprint density at radius 1 is 1.09 bits per heavy atom. The highest BCUT2D eigenvalue weighted by atomic mass is 16.6. The molecule has 0 spiro atoms. The van der Waals surface area contributed by atoms with Gasteiger partial charge in [-0.15, -0.1) is 0 Å². The van der Waals surface area contributed by atoms with Crippen molar-refractivity contribution in [3.63, 3.8) is 0 Å². The van der Waals surface area contributed by atoms with Gasteiger partial charge in [0.1, 0.15) is 0 Å². The van der Waals surface area contributed by atoms with Crippen molar-refractivity contribution in [3.05, 3.63) is 0 Å². The molecule has 0 aromatic rings. The van der Waals surface area contributed by atoms with Crippen molar-refractivity contribution >= 4 is 6.09 Å². The van der Waals surface area contributed by atoms with Crippen LogP contribution < -0.4 is 5.32 Å². The second-order valence-electron chi connectivity index (χ2n) is 8.30. The highest BCUT2D eigenvalue weighted by Gasteiger charge is 2.51. The molecular weight excluding hydrogens is 276 g/mol. The number of hydrogen-bond donors (Lipinski definition) is 1. The van der Waals surface area contributed by atoms with Crippen LogP contribution in [0.25, 0.3) is 0 Å². The van der Waals surface area contributed by atoms with E-state index < -0.39 is 0 Å². The fourth-order valence-electron chi connectivity index (χ4n) is 6.14. The van der Waals surface area contributed by atoms with Gasteiger partial charge in [0, 0.05) is 24.7 Å². The Bertz CT molecular complexity index is 394. The molecule has 0 radical (unpaired) electrons. The molecule has 0 atom stereocenters. The Morgan fingerprint density at radius 2 is 1.64 bits per heavy atom. The van der Waals surface area contributed by atoms with Crippen LogP contribution in [0.2, 0.25) is 0 Å². The third kappa shape index (κ3) is 2.75. The summed E-state index contributed by atoms with van der Waals surface area (Å²) in [5.41, 5.74) is 0.450. The molecule has 4 aliphatic carbocycles. The zero-order valence-electron chi connectivity index (χ0n) is 13.9. The lowest BCUT2D eigenvalue weighted by Crippen LogP contribution is -2.62. The maximum Gasteiger partial charge on any atom is 0.409 e. The average Bonchev–Trinajstić information content (AvgIpc) is 2.46. The molecule has 1 aliphatic heterocycles. The van der Waals surface area contributed by atoms with Crippen molar-refractivity contribution in [2.45, 2.75) is 69.9 Å². The largest absolute Gasteiger partial charge is 0.450 e. The monoisotopic (exact) mass is 306 g/mol. The first-order valence-electron chi connectivity index (χ1n) is 9.35. The second-order valence-corrected chi connectivity index (χ2v) is 8.30. The molecule has 1 amide bonds. The van der Waals surface area contributed by atoms with Crippen LogP contribution in [-0.2, 0) is 4.74 Å². The number of ether oxygens (including phenoxy) is 1. The second kappa shape index (κ2) is 5.70. The van der Waals surface area contributed by atoms with Gasteiger partial charge in [-0.3, -0.25) is 0 Å². The number of nitrogens with zero attached hydrogens (tertiary/aromatic N) is 1. The van der Waals surface area contributed by atoms with E-state index in [9.17, 15) is 4.79 Å². The smallest absolute Gasteiger partial charge is 0.409 e. The molecule has 4 heteroatoms. The van der Waals surface area contributed by atoms with Crippen molar-refractivity contribution in [2.24, 2.45) is 17.8 Å². The Kier molecular flexibility index (Phi) is 3.83. The lowest BCUT2D eigenvalue weighted by atomic mass is 9.53. The van der Waals surface area contributed by atoms with Crippen molar-refractivity contribution in [1.82, 2.24) is 10.2 Å². The first-order valence-corrected chi connectivity index (χ1v) is 9.35. The van der Waals surface area contributed by atoms with Crippen LogP contribution in [0.15, 0.2) is 0 Å². The minimum Gasteiger partial charge on any atom is -0.450 e. The lowest BCUT2D eigenvalue weighted by molar-refractivity contribution is -0.0288. The van der Waals surface area contributed by atoms with E-state index in [4.69, 9.17) is 4.74 Å². The van der Waals surface area contributed by atoms with E-state index in [1.807, 2.05) is 11.8 Å². The molecule has 0 aromatic heterocycles. The third-order valence-corrected chi connectivity index (χ3v) is 6.57. The van der Waals surface area contributed by atoms with Gasteiger partial charge in [-0.2, -0.15) is 0 Å². The zero-order valence-corrected chi connectivity index (χ0v) is 13.9. The number of hydrogen-bond acceptors (Lipinski definition) is 3. The number of carbonyl (C=O) groups is 1. The first-order chi connectivity index (χ1) is 10.7. The van der Waals surface area contributed by atoms with Gasteiger partial charge in [0.25, 0.3) is 0 Å². The fraction of sp³-hybridized carbons (Fsp3) is 0.944. The summed E-state index contributed by atoms with van der Waals surface area (Å²) in [5.74, 6) is 3.00. The van der Waals surface area contributed by atoms with E-state index in [0.717, 1.165) is 43.7 Å². The Labute approximate surface area is 134 Å². The van der Waals surface area contributed by atoms with Crippen molar-refractivity contribution in [1.29, 1.82) is 0 Å². The van der Waals surface area contributed by atoms with Gasteiger partial charge in [0.05, 0.1) is 6.61 Å². The molecule has 5 rings (SSSR count). The molecule has 124 valence electrons. The number of nitrogens with one attached hydrogen (secondary N) is 1. The minimum absolute atomic E-state index is 0.129. The van der Waals surface area contributed by atoms with Crippen molar-refractivity contribution in [2.75, 3.05) is 19.7 Å². The van der Waals surface area contributed by atoms with Gasteiger partial charge in [-0.05, 0) is 76.0 Å². The molecule has 4 nitrogen and oxygen atoms in total. The van der Waals surface area contributed by atoms with E-state index in [2.05, 4.69) is 5.32 Å². The van der Waals surface area contributed by atoms with E-state index in [0.29, 0.717) is 18.2 Å². The summed E-state index contributed by atoms with van der Waals surface area (Å²) in [5, 5.41) is 4.08. The zero-order chi connectivity index (χ0) is 15.2. The van der Waals surface area contributed by atoms with Gasteiger partial charge in [0.2, 0.25) is 0 Å². The highest BCUT2D eigenvalue weighted by molar-refractivity contribution is 5.67. The molecule has 1 heterocycles.